The molecule has 2 fully saturated rings. The van der Waals surface area contributed by atoms with Crippen LogP contribution in [-0.2, 0) is 7.05 Å². The second kappa shape index (κ2) is 10.4. The fourth-order valence-corrected chi connectivity index (χ4v) is 5.08. The number of carbonyl (C=O) groups excluding carboxylic acids is 2. The van der Waals surface area contributed by atoms with Crippen LogP contribution >= 0.6 is 0 Å². The number of hydrogen-bond donors (Lipinski definition) is 2. The van der Waals surface area contributed by atoms with Gasteiger partial charge in [0, 0.05) is 55.7 Å². The van der Waals surface area contributed by atoms with Gasteiger partial charge >= 0.3 is 0 Å². The standard InChI is InChI=1S/C31H32N6O2/c1-20-6-7-23(16-27(20)35-30(38)24-12-13-29(32-17-24)34-26-4-3-5-26)31(39)37-18-25(19-37)21-8-10-22(11-9-21)28-14-15-33-36(28)2/h6-17,25-26H,3-5,18-19H2,1-2H3,(H,32,34)(H,35,38). The second-order valence-corrected chi connectivity index (χ2v) is 10.6. The fourth-order valence-electron chi connectivity index (χ4n) is 5.08. The van der Waals surface area contributed by atoms with Gasteiger partial charge in [-0.05, 0) is 73.2 Å². The van der Waals surface area contributed by atoms with E-state index in [1.165, 1.54) is 12.0 Å². The number of anilines is 2. The molecule has 1 aliphatic heterocycles. The summed E-state index contributed by atoms with van der Waals surface area (Å²) < 4.78 is 1.86. The zero-order valence-corrected chi connectivity index (χ0v) is 22.2. The molecule has 3 heterocycles. The number of aromatic nitrogens is 3. The Balaban J connectivity index is 1.07. The van der Waals surface area contributed by atoms with E-state index in [2.05, 4.69) is 45.0 Å². The Morgan fingerprint density at radius 3 is 2.36 bits per heavy atom. The molecule has 8 nitrogen and oxygen atoms in total. The zero-order valence-electron chi connectivity index (χ0n) is 22.2. The van der Waals surface area contributed by atoms with Crippen LogP contribution in [0, 0.1) is 6.92 Å². The van der Waals surface area contributed by atoms with Crippen molar-refractivity contribution in [2.45, 2.75) is 38.1 Å². The van der Waals surface area contributed by atoms with E-state index in [0.717, 1.165) is 35.5 Å². The molecule has 1 saturated heterocycles. The van der Waals surface area contributed by atoms with Gasteiger partial charge in [-0.25, -0.2) is 4.98 Å². The molecule has 2 aliphatic rings. The Bertz CT molecular complexity index is 1500. The Labute approximate surface area is 228 Å². The van der Waals surface area contributed by atoms with E-state index in [9.17, 15) is 9.59 Å². The van der Waals surface area contributed by atoms with E-state index in [0.29, 0.717) is 41.9 Å². The van der Waals surface area contributed by atoms with E-state index < -0.39 is 0 Å². The summed E-state index contributed by atoms with van der Waals surface area (Å²) in [6, 6.07) is 20.1. The first-order valence-electron chi connectivity index (χ1n) is 13.5. The SMILES string of the molecule is Cc1ccc(C(=O)N2CC(c3ccc(-c4ccnn4C)cc3)C2)cc1NC(=O)c1ccc(NC2CCC2)nc1. The van der Waals surface area contributed by atoms with Gasteiger partial charge in [0.15, 0.2) is 0 Å². The molecule has 8 heteroatoms. The van der Waals surface area contributed by atoms with E-state index in [1.54, 1.807) is 24.5 Å². The van der Waals surface area contributed by atoms with Crippen molar-refractivity contribution in [1.82, 2.24) is 19.7 Å². The average Bonchev–Trinajstić information content (AvgIpc) is 3.33. The number of amides is 2. The van der Waals surface area contributed by atoms with Crippen LogP contribution in [0.2, 0.25) is 0 Å². The van der Waals surface area contributed by atoms with Crippen LogP contribution in [0.1, 0.15) is 57.0 Å². The first-order valence-corrected chi connectivity index (χ1v) is 13.5. The Morgan fingerprint density at radius 2 is 1.72 bits per heavy atom. The molecular weight excluding hydrogens is 488 g/mol. The monoisotopic (exact) mass is 520 g/mol. The summed E-state index contributed by atoms with van der Waals surface area (Å²) in [5.41, 5.74) is 5.99. The van der Waals surface area contributed by atoms with Gasteiger partial charge in [0.1, 0.15) is 5.82 Å². The summed E-state index contributed by atoms with van der Waals surface area (Å²) in [6.45, 7) is 3.27. The van der Waals surface area contributed by atoms with E-state index in [1.807, 2.05) is 47.8 Å². The quantitative estimate of drug-likeness (QED) is 0.347. The first kappa shape index (κ1) is 24.9. The molecule has 2 amide bonds. The molecule has 1 aliphatic carbocycles. The summed E-state index contributed by atoms with van der Waals surface area (Å²) >= 11 is 0. The number of pyridine rings is 1. The van der Waals surface area contributed by atoms with Crippen LogP contribution < -0.4 is 10.6 Å². The predicted octanol–water partition coefficient (Wildman–Crippen LogP) is 5.25. The third kappa shape index (κ3) is 5.14. The lowest BCUT2D eigenvalue weighted by Crippen LogP contribution is -2.48. The van der Waals surface area contributed by atoms with Crippen molar-refractivity contribution in [2.24, 2.45) is 7.05 Å². The van der Waals surface area contributed by atoms with Gasteiger partial charge in [0.05, 0.1) is 11.3 Å². The number of carbonyl (C=O) groups is 2. The van der Waals surface area contributed by atoms with Crippen LogP contribution in [0.15, 0.2) is 73.1 Å². The normalized spacial score (nSPS) is 15.4. The number of likely N-dealkylation sites (tertiary alicyclic amines) is 1. The van der Waals surface area contributed by atoms with Crippen molar-refractivity contribution in [3.8, 4) is 11.3 Å². The lowest BCUT2D eigenvalue weighted by molar-refractivity contribution is 0.0602. The molecular formula is C31H32N6O2. The highest BCUT2D eigenvalue weighted by Crippen LogP contribution is 2.31. The van der Waals surface area contributed by atoms with Gasteiger partial charge in [0.25, 0.3) is 11.8 Å². The second-order valence-electron chi connectivity index (χ2n) is 10.6. The number of aryl methyl sites for hydroxylation is 2. The molecule has 39 heavy (non-hydrogen) atoms. The molecule has 0 bridgehead atoms. The van der Waals surface area contributed by atoms with Crippen molar-refractivity contribution >= 4 is 23.3 Å². The first-order chi connectivity index (χ1) is 18.9. The number of nitrogens with zero attached hydrogens (tertiary/aromatic N) is 4. The van der Waals surface area contributed by atoms with Crippen molar-refractivity contribution in [1.29, 1.82) is 0 Å². The highest BCUT2D eigenvalue weighted by molar-refractivity contribution is 6.05. The van der Waals surface area contributed by atoms with Crippen LogP contribution in [0.4, 0.5) is 11.5 Å². The van der Waals surface area contributed by atoms with Gasteiger partial charge in [-0.1, -0.05) is 30.3 Å². The number of nitrogens with one attached hydrogen (secondary N) is 2. The minimum Gasteiger partial charge on any atom is -0.367 e. The molecule has 1 saturated carbocycles. The summed E-state index contributed by atoms with van der Waals surface area (Å²) in [7, 11) is 1.93. The largest absolute Gasteiger partial charge is 0.367 e. The van der Waals surface area contributed by atoms with Gasteiger partial charge < -0.3 is 15.5 Å². The fraction of sp³-hybridized carbons (Fsp3) is 0.290. The zero-order chi connectivity index (χ0) is 26.9. The third-order valence-corrected chi connectivity index (χ3v) is 7.88. The Hall–Kier alpha value is -4.46. The number of benzene rings is 2. The average molecular weight is 521 g/mol. The summed E-state index contributed by atoms with van der Waals surface area (Å²) in [5, 5.41) is 10.6. The maximum absolute atomic E-state index is 13.2. The minimum atomic E-state index is -0.246. The van der Waals surface area contributed by atoms with Crippen molar-refractivity contribution in [2.75, 3.05) is 23.7 Å². The maximum Gasteiger partial charge on any atom is 0.257 e. The van der Waals surface area contributed by atoms with Crippen LogP contribution in [0.25, 0.3) is 11.3 Å². The molecule has 198 valence electrons. The Kier molecular flexibility index (Phi) is 6.60. The molecule has 0 atom stereocenters. The maximum atomic E-state index is 13.2. The van der Waals surface area contributed by atoms with Gasteiger partial charge in [0.2, 0.25) is 0 Å². The molecule has 0 radical (unpaired) electrons. The highest BCUT2D eigenvalue weighted by atomic mass is 16.2. The highest BCUT2D eigenvalue weighted by Gasteiger charge is 2.32. The van der Waals surface area contributed by atoms with Gasteiger partial charge in [-0.15, -0.1) is 0 Å². The molecule has 0 unspecified atom stereocenters. The molecule has 2 aromatic carbocycles. The number of hydrogen-bond acceptors (Lipinski definition) is 5. The topological polar surface area (TPSA) is 92.2 Å². The third-order valence-electron chi connectivity index (χ3n) is 7.88. The molecule has 4 aromatic rings. The van der Waals surface area contributed by atoms with E-state index in [4.69, 9.17) is 0 Å². The predicted molar refractivity (Wildman–Crippen MR) is 152 cm³/mol. The molecule has 2 aromatic heterocycles. The van der Waals surface area contributed by atoms with E-state index in [-0.39, 0.29) is 11.8 Å². The molecule has 2 N–H and O–H groups in total. The van der Waals surface area contributed by atoms with Crippen LogP contribution in [-0.4, -0.2) is 50.6 Å². The van der Waals surface area contributed by atoms with Crippen LogP contribution in [0.5, 0.6) is 0 Å². The smallest absolute Gasteiger partial charge is 0.257 e. The van der Waals surface area contributed by atoms with Crippen LogP contribution in [0.3, 0.4) is 0 Å². The minimum absolute atomic E-state index is 0.0265. The van der Waals surface area contributed by atoms with Crippen molar-refractivity contribution in [3.05, 3.63) is 95.3 Å². The lowest BCUT2D eigenvalue weighted by atomic mass is 9.90. The summed E-state index contributed by atoms with van der Waals surface area (Å²) in [6.07, 6.45) is 6.96. The number of rotatable bonds is 7. The molecule has 0 spiro atoms. The Morgan fingerprint density at radius 1 is 0.949 bits per heavy atom. The molecule has 6 rings (SSSR count). The van der Waals surface area contributed by atoms with Gasteiger partial charge in [-0.2, -0.15) is 5.10 Å². The lowest BCUT2D eigenvalue weighted by Gasteiger charge is -2.39. The van der Waals surface area contributed by atoms with E-state index >= 15 is 0 Å². The van der Waals surface area contributed by atoms with Crippen molar-refractivity contribution in [3.63, 3.8) is 0 Å². The summed E-state index contributed by atoms with van der Waals surface area (Å²) in [4.78, 5) is 32.4. The van der Waals surface area contributed by atoms with Crippen molar-refractivity contribution < 1.29 is 9.59 Å². The summed E-state index contributed by atoms with van der Waals surface area (Å²) in [5.74, 6) is 0.830. The van der Waals surface area contributed by atoms with Gasteiger partial charge in [-0.3, -0.25) is 14.3 Å².